The number of allylic oxidation sites excluding steroid dienone is 1. The third-order valence-corrected chi connectivity index (χ3v) is 1.68. The quantitative estimate of drug-likeness (QED) is 0.375. The van der Waals surface area contributed by atoms with Crippen molar-refractivity contribution in [3.8, 4) is 0 Å². The van der Waals surface area contributed by atoms with Crippen molar-refractivity contribution in [1.82, 2.24) is 0 Å². The van der Waals surface area contributed by atoms with Crippen molar-refractivity contribution in [1.29, 1.82) is 0 Å². The fourth-order valence-corrected chi connectivity index (χ4v) is 0.601. The van der Waals surface area contributed by atoms with Crippen LogP contribution >= 0.6 is 0 Å². The number of rotatable bonds is 1. The van der Waals surface area contributed by atoms with E-state index in [2.05, 4.69) is 6.58 Å². The van der Waals surface area contributed by atoms with Gasteiger partial charge in [-0.3, -0.25) is 0 Å². The van der Waals surface area contributed by atoms with E-state index in [0.717, 1.165) is 0 Å². The van der Waals surface area contributed by atoms with Gasteiger partial charge in [0.15, 0.2) is 0 Å². The summed E-state index contributed by atoms with van der Waals surface area (Å²) in [5, 5.41) is 0. The molecule has 0 nitrogen and oxygen atoms in total. The van der Waals surface area contributed by atoms with Crippen LogP contribution in [0.1, 0.15) is 0 Å². The number of hydrogen-bond donors (Lipinski definition) is 0. The molecule has 48 valence electrons. The molecule has 0 heterocycles. The Morgan fingerprint density at radius 1 is 1.50 bits per heavy atom. The van der Waals surface area contributed by atoms with E-state index < -0.39 is 11.7 Å². The number of hydrogen-bond acceptors (Lipinski definition) is 0. The summed E-state index contributed by atoms with van der Waals surface area (Å²) in [6.07, 6.45) is -4.15. The van der Waals surface area contributed by atoms with Crippen molar-refractivity contribution in [3.63, 3.8) is 0 Å². The highest BCUT2D eigenvalue weighted by Crippen LogP contribution is 2.25. The van der Waals surface area contributed by atoms with Gasteiger partial charge in [0.25, 0.3) is 0 Å². The third kappa shape index (κ3) is 2.16. The highest BCUT2D eigenvalue weighted by atomic mass is 28.1. The average Bonchev–Trinajstić information content (AvgIpc) is 1.62. The van der Waals surface area contributed by atoms with Gasteiger partial charge in [0.05, 0.1) is 0 Å². The predicted octanol–water partition coefficient (Wildman–Crippen LogP) is 0.889. The molecule has 0 aliphatic heterocycles. The molecular formula is C4H7F3Si. The van der Waals surface area contributed by atoms with Crippen LogP contribution < -0.4 is 0 Å². The summed E-state index contributed by atoms with van der Waals surface area (Å²) in [6, 6.07) is 0.115. The van der Waals surface area contributed by atoms with Gasteiger partial charge in [0.2, 0.25) is 0 Å². The second kappa shape index (κ2) is 2.35. The molecule has 0 fully saturated rings. The van der Waals surface area contributed by atoms with E-state index in [1.54, 1.807) is 0 Å². The third-order valence-electron chi connectivity index (χ3n) is 0.828. The van der Waals surface area contributed by atoms with Crippen molar-refractivity contribution in [2.24, 2.45) is 0 Å². The lowest BCUT2D eigenvalue weighted by Crippen LogP contribution is -2.09. The van der Waals surface area contributed by atoms with Crippen molar-refractivity contribution >= 4 is 10.2 Å². The minimum Gasteiger partial charge on any atom is -0.167 e. The zero-order valence-electron chi connectivity index (χ0n) is 4.55. The van der Waals surface area contributed by atoms with Gasteiger partial charge in [0, 0.05) is 15.8 Å². The normalized spacial score (nSPS) is 11.9. The van der Waals surface area contributed by atoms with E-state index in [1.807, 2.05) is 0 Å². The number of halogens is 3. The summed E-state index contributed by atoms with van der Waals surface area (Å²) in [4.78, 5) is 0. The summed E-state index contributed by atoms with van der Waals surface area (Å²) in [5.41, 5.74) is -0.607. The highest BCUT2D eigenvalue weighted by Gasteiger charge is 2.29. The Balaban J connectivity index is 3.82. The average molecular weight is 140 g/mol. The molecule has 0 aromatic heterocycles. The molecule has 8 heavy (non-hydrogen) atoms. The molecule has 0 bridgehead atoms. The molecule has 0 unspecified atom stereocenters. The first kappa shape index (κ1) is 7.75. The molecule has 0 rings (SSSR count). The largest absolute Gasteiger partial charge is 0.411 e. The monoisotopic (exact) mass is 140 g/mol. The Bertz CT molecular complexity index is 93.9. The lowest BCUT2D eigenvalue weighted by molar-refractivity contribution is -0.0907. The lowest BCUT2D eigenvalue weighted by atomic mass is 10.3. The van der Waals surface area contributed by atoms with E-state index in [1.165, 1.54) is 0 Å². The Morgan fingerprint density at radius 3 is 1.88 bits per heavy atom. The predicted molar refractivity (Wildman–Crippen MR) is 29.9 cm³/mol. The van der Waals surface area contributed by atoms with Gasteiger partial charge < -0.3 is 0 Å². The van der Waals surface area contributed by atoms with Crippen LogP contribution in [0.5, 0.6) is 0 Å². The summed E-state index contributed by atoms with van der Waals surface area (Å²) in [6.45, 7) is 2.85. The van der Waals surface area contributed by atoms with Crippen molar-refractivity contribution < 1.29 is 13.2 Å². The fraction of sp³-hybridized carbons (Fsp3) is 0.500. The molecular weight excluding hydrogens is 133 g/mol. The Morgan fingerprint density at radius 2 is 1.88 bits per heavy atom. The minimum atomic E-state index is -4.15. The van der Waals surface area contributed by atoms with Crippen LogP contribution in [-0.2, 0) is 0 Å². The standard InChI is InChI=1S/C4H7F3Si/c1-3(2-8)4(5,6)7/h1-2H2,8H3. The second-order valence-electron chi connectivity index (χ2n) is 1.45. The van der Waals surface area contributed by atoms with Gasteiger partial charge in [-0.15, -0.1) is 0 Å². The summed E-state index contributed by atoms with van der Waals surface area (Å²) in [5.74, 6) is 0. The maximum Gasteiger partial charge on any atom is 0.411 e. The maximum absolute atomic E-state index is 11.4. The molecule has 4 heteroatoms. The Labute approximate surface area is 48.8 Å². The van der Waals surface area contributed by atoms with Crippen LogP contribution in [-0.4, -0.2) is 16.4 Å². The zero-order valence-corrected chi connectivity index (χ0v) is 6.55. The topological polar surface area (TPSA) is 0 Å². The van der Waals surface area contributed by atoms with Gasteiger partial charge in [-0.05, 0) is 6.04 Å². The molecule has 0 saturated carbocycles. The first-order chi connectivity index (χ1) is 3.48. The highest BCUT2D eigenvalue weighted by molar-refractivity contribution is 6.10. The van der Waals surface area contributed by atoms with E-state index in [9.17, 15) is 13.2 Å². The first-order valence-corrected chi connectivity index (χ1v) is 3.65. The first-order valence-electron chi connectivity index (χ1n) is 2.23. The van der Waals surface area contributed by atoms with Crippen LogP contribution in [0.2, 0.25) is 6.04 Å². The maximum atomic E-state index is 11.4. The van der Waals surface area contributed by atoms with Crippen LogP contribution in [0.3, 0.4) is 0 Å². The number of alkyl halides is 3. The molecule has 0 atom stereocenters. The molecule has 0 aliphatic rings. The lowest BCUT2D eigenvalue weighted by Gasteiger charge is -2.05. The molecule has 0 aromatic carbocycles. The summed E-state index contributed by atoms with van der Waals surface area (Å²) >= 11 is 0. The van der Waals surface area contributed by atoms with Gasteiger partial charge in [-0.25, -0.2) is 0 Å². The van der Waals surface area contributed by atoms with Crippen LogP contribution in [0, 0.1) is 0 Å². The molecule has 0 aliphatic carbocycles. The van der Waals surface area contributed by atoms with Gasteiger partial charge in [-0.1, -0.05) is 6.58 Å². The van der Waals surface area contributed by atoms with E-state index in [0.29, 0.717) is 10.2 Å². The summed E-state index contributed by atoms with van der Waals surface area (Å²) in [7, 11) is 0.534. The molecule has 0 saturated heterocycles. The van der Waals surface area contributed by atoms with Gasteiger partial charge in [0.1, 0.15) is 0 Å². The van der Waals surface area contributed by atoms with Crippen LogP contribution in [0.25, 0.3) is 0 Å². The molecule has 0 radical (unpaired) electrons. The van der Waals surface area contributed by atoms with Crippen LogP contribution in [0.15, 0.2) is 12.2 Å². The summed E-state index contributed by atoms with van der Waals surface area (Å²) < 4.78 is 34.1. The van der Waals surface area contributed by atoms with Gasteiger partial charge >= 0.3 is 6.18 Å². The van der Waals surface area contributed by atoms with Crippen molar-refractivity contribution in [2.75, 3.05) is 0 Å². The van der Waals surface area contributed by atoms with Crippen molar-refractivity contribution in [3.05, 3.63) is 12.2 Å². The molecule has 0 aromatic rings. The molecule has 0 amide bonds. The van der Waals surface area contributed by atoms with Crippen LogP contribution in [0.4, 0.5) is 13.2 Å². The molecule has 0 spiro atoms. The van der Waals surface area contributed by atoms with E-state index in [-0.39, 0.29) is 6.04 Å². The zero-order chi connectivity index (χ0) is 6.78. The van der Waals surface area contributed by atoms with Gasteiger partial charge in [-0.2, -0.15) is 13.2 Å². The smallest absolute Gasteiger partial charge is 0.167 e. The van der Waals surface area contributed by atoms with E-state index >= 15 is 0 Å². The minimum absolute atomic E-state index is 0.115. The fourth-order valence-electron chi connectivity index (χ4n) is 0.200. The second-order valence-corrected chi connectivity index (χ2v) is 2.16. The Hall–Kier alpha value is -0.253. The van der Waals surface area contributed by atoms with Crippen molar-refractivity contribution in [2.45, 2.75) is 12.2 Å². The Kier molecular flexibility index (Phi) is 2.27. The van der Waals surface area contributed by atoms with E-state index in [4.69, 9.17) is 0 Å². The SMILES string of the molecule is C=C(C[SiH3])C(F)(F)F. The molecule has 0 N–H and O–H groups in total.